The van der Waals surface area contributed by atoms with Crippen molar-refractivity contribution in [2.45, 2.75) is 32.9 Å². The fourth-order valence-corrected chi connectivity index (χ4v) is 1.74. The van der Waals surface area contributed by atoms with Crippen LogP contribution in [0.15, 0.2) is 24.3 Å². The van der Waals surface area contributed by atoms with Gasteiger partial charge in [0.1, 0.15) is 0 Å². The maximum absolute atomic E-state index is 10.5. The van der Waals surface area contributed by atoms with E-state index in [1.54, 1.807) is 0 Å². The monoisotopic (exact) mass is 204 g/mol. The molecule has 0 aliphatic rings. The Morgan fingerprint density at radius 3 is 2.40 bits per heavy atom. The van der Waals surface area contributed by atoms with Crippen molar-refractivity contribution in [3.8, 4) is 0 Å². The smallest absolute Gasteiger partial charge is 0.307 e. The standard InChI is InChI=1S/C12H17BO2/c1-3-8-13(2)11-6-4-10(5-7-11)9-12(14)15/h4-7H,3,8-9H2,1-2H3,(H,14,15). The quantitative estimate of drug-likeness (QED) is 0.745. The lowest BCUT2D eigenvalue weighted by Crippen LogP contribution is -2.25. The van der Waals surface area contributed by atoms with Crippen LogP contribution in [0, 0.1) is 0 Å². The highest BCUT2D eigenvalue weighted by Gasteiger charge is 2.08. The Morgan fingerprint density at radius 2 is 1.93 bits per heavy atom. The molecule has 0 saturated carbocycles. The number of carboxylic acids is 1. The molecule has 0 fully saturated rings. The number of hydrogen-bond acceptors (Lipinski definition) is 1. The van der Waals surface area contributed by atoms with E-state index in [0.717, 1.165) is 5.56 Å². The largest absolute Gasteiger partial charge is 0.481 e. The molecule has 0 aromatic heterocycles. The Balaban J connectivity index is 2.67. The highest BCUT2D eigenvalue weighted by atomic mass is 16.4. The van der Waals surface area contributed by atoms with E-state index in [1.807, 2.05) is 24.3 Å². The minimum atomic E-state index is -0.774. The Morgan fingerprint density at radius 1 is 1.33 bits per heavy atom. The van der Waals surface area contributed by atoms with Crippen LogP contribution in [-0.4, -0.2) is 17.8 Å². The van der Waals surface area contributed by atoms with E-state index in [1.165, 1.54) is 18.2 Å². The molecule has 1 rings (SSSR count). The maximum Gasteiger partial charge on any atom is 0.307 e. The maximum atomic E-state index is 10.5. The molecule has 0 radical (unpaired) electrons. The summed E-state index contributed by atoms with van der Waals surface area (Å²) in [6, 6.07) is 7.91. The van der Waals surface area contributed by atoms with Crippen LogP contribution in [-0.2, 0) is 11.2 Å². The van der Waals surface area contributed by atoms with Gasteiger partial charge in [0.05, 0.1) is 6.42 Å². The van der Waals surface area contributed by atoms with Gasteiger partial charge in [-0.2, -0.15) is 0 Å². The van der Waals surface area contributed by atoms with Gasteiger partial charge in [-0.25, -0.2) is 0 Å². The van der Waals surface area contributed by atoms with Crippen LogP contribution in [0.5, 0.6) is 0 Å². The molecule has 1 aromatic carbocycles. The van der Waals surface area contributed by atoms with Gasteiger partial charge < -0.3 is 5.11 Å². The fraction of sp³-hybridized carbons (Fsp3) is 0.417. The summed E-state index contributed by atoms with van der Waals surface area (Å²) < 4.78 is 0. The van der Waals surface area contributed by atoms with Crippen molar-refractivity contribution in [3.05, 3.63) is 29.8 Å². The van der Waals surface area contributed by atoms with E-state index in [-0.39, 0.29) is 6.42 Å². The number of carboxylic acid groups (broad SMARTS) is 1. The molecule has 0 heterocycles. The second-order valence-corrected chi connectivity index (χ2v) is 4.00. The molecule has 0 aliphatic carbocycles. The molecule has 0 saturated heterocycles. The van der Waals surface area contributed by atoms with Gasteiger partial charge >= 0.3 is 5.97 Å². The number of carbonyl (C=O) groups is 1. The SMILES string of the molecule is CCCB(C)c1ccc(CC(=O)O)cc1. The van der Waals surface area contributed by atoms with Crippen LogP contribution in [0.2, 0.25) is 13.1 Å². The molecule has 2 nitrogen and oxygen atoms in total. The molecule has 1 N–H and O–H groups in total. The Bertz CT molecular complexity index is 319. The number of aliphatic carboxylic acids is 1. The molecular weight excluding hydrogens is 187 g/mol. The van der Waals surface area contributed by atoms with Gasteiger partial charge in [0.25, 0.3) is 0 Å². The van der Waals surface area contributed by atoms with Crippen LogP contribution in [0.1, 0.15) is 18.9 Å². The summed E-state index contributed by atoms with van der Waals surface area (Å²) in [5.41, 5.74) is 2.17. The number of benzene rings is 1. The van der Waals surface area contributed by atoms with Crippen LogP contribution < -0.4 is 5.46 Å². The average Bonchev–Trinajstić information content (AvgIpc) is 2.18. The molecule has 0 atom stereocenters. The molecule has 15 heavy (non-hydrogen) atoms. The third-order valence-corrected chi connectivity index (χ3v) is 2.63. The van der Waals surface area contributed by atoms with Crippen molar-refractivity contribution in [3.63, 3.8) is 0 Å². The normalized spacial score (nSPS) is 10.0. The first-order valence-electron chi connectivity index (χ1n) is 5.44. The predicted octanol–water partition coefficient (Wildman–Crippen LogP) is 2.06. The summed E-state index contributed by atoms with van der Waals surface area (Å²) >= 11 is 0. The summed E-state index contributed by atoms with van der Waals surface area (Å²) in [7, 11) is 0. The third kappa shape index (κ3) is 3.78. The molecule has 80 valence electrons. The molecule has 0 amide bonds. The van der Waals surface area contributed by atoms with E-state index >= 15 is 0 Å². The lowest BCUT2D eigenvalue weighted by atomic mass is 9.44. The van der Waals surface area contributed by atoms with Crippen molar-refractivity contribution >= 4 is 18.1 Å². The van der Waals surface area contributed by atoms with Gasteiger partial charge in [-0.3, -0.25) is 4.79 Å². The Hall–Kier alpha value is -1.25. The first-order valence-corrected chi connectivity index (χ1v) is 5.44. The molecule has 3 heteroatoms. The van der Waals surface area contributed by atoms with Crippen molar-refractivity contribution in [2.75, 3.05) is 0 Å². The van der Waals surface area contributed by atoms with Gasteiger partial charge in [0, 0.05) is 0 Å². The van der Waals surface area contributed by atoms with E-state index in [4.69, 9.17) is 5.11 Å². The molecular formula is C12H17BO2. The minimum absolute atomic E-state index is 0.114. The van der Waals surface area contributed by atoms with E-state index < -0.39 is 5.97 Å². The molecule has 0 bridgehead atoms. The van der Waals surface area contributed by atoms with Crippen LogP contribution >= 0.6 is 0 Å². The zero-order valence-electron chi connectivity index (χ0n) is 9.36. The topological polar surface area (TPSA) is 37.3 Å². The summed E-state index contributed by atoms with van der Waals surface area (Å²) in [4.78, 5) is 10.5. The number of hydrogen-bond donors (Lipinski definition) is 1. The predicted molar refractivity (Wildman–Crippen MR) is 64.1 cm³/mol. The second-order valence-electron chi connectivity index (χ2n) is 4.00. The second kappa shape index (κ2) is 5.59. The summed E-state index contributed by atoms with van der Waals surface area (Å²) in [6.07, 6.45) is 2.47. The Kier molecular flexibility index (Phi) is 4.41. The van der Waals surface area contributed by atoms with Gasteiger partial charge in [0.2, 0.25) is 0 Å². The van der Waals surface area contributed by atoms with Crippen molar-refractivity contribution in [1.82, 2.24) is 0 Å². The van der Waals surface area contributed by atoms with Crippen LogP contribution in [0.4, 0.5) is 0 Å². The van der Waals surface area contributed by atoms with Crippen LogP contribution in [0.3, 0.4) is 0 Å². The molecule has 0 unspecified atom stereocenters. The third-order valence-electron chi connectivity index (χ3n) is 2.63. The van der Waals surface area contributed by atoms with Crippen LogP contribution in [0.25, 0.3) is 0 Å². The highest BCUT2D eigenvalue weighted by Crippen LogP contribution is 2.02. The number of rotatable bonds is 5. The highest BCUT2D eigenvalue weighted by molar-refractivity contribution is 6.71. The summed E-state index contributed by atoms with van der Waals surface area (Å²) in [6.45, 7) is 4.94. The van der Waals surface area contributed by atoms with Gasteiger partial charge in [-0.1, -0.05) is 56.2 Å². The minimum Gasteiger partial charge on any atom is -0.481 e. The van der Waals surface area contributed by atoms with E-state index in [9.17, 15) is 4.79 Å². The fourth-order valence-electron chi connectivity index (χ4n) is 1.74. The molecule has 0 aliphatic heterocycles. The zero-order valence-corrected chi connectivity index (χ0v) is 9.36. The van der Waals surface area contributed by atoms with Gasteiger partial charge in [-0.05, 0) is 5.56 Å². The zero-order chi connectivity index (χ0) is 11.3. The average molecular weight is 204 g/mol. The lowest BCUT2D eigenvalue weighted by Gasteiger charge is -2.07. The first-order chi connectivity index (χ1) is 7.13. The van der Waals surface area contributed by atoms with Gasteiger partial charge in [-0.15, -0.1) is 0 Å². The van der Waals surface area contributed by atoms with Crippen molar-refractivity contribution in [2.24, 2.45) is 0 Å². The van der Waals surface area contributed by atoms with Crippen molar-refractivity contribution in [1.29, 1.82) is 0 Å². The van der Waals surface area contributed by atoms with Crippen molar-refractivity contribution < 1.29 is 9.90 Å². The van der Waals surface area contributed by atoms with E-state index in [0.29, 0.717) is 6.71 Å². The molecule has 0 spiro atoms. The first kappa shape index (κ1) is 11.8. The van der Waals surface area contributed by atoms with E-state index in [2.05, 4.69) is 13.7 Å². The Labute approximate surface area is 91.4 Å². The summed E-state index contributed by atoms with van der Waals surface area (Å²) in [5, 5.41) is 8.63. The van der Waals surface area contributed by atoms with Gasteiger partial charge in [0.15, 0.2) is 6.71 Å². The lowest BCUT2D eigenvalue weighted by molar-refractivity contribution is -0.136. The molecule has 1 aromatic rings. The summed E-state index contributed by atoms with van der Waals surface area (Å²) in [5.74, 6) is -0.774.